The Morgan fingerprint density at radius 2 is 1.80 bits per heavy atom. The number of hydrogen-bond donors (Lipinski definition) is 0. The third-order valence-electron chi connectivity index (χ3n) is 9.05. The van der Waals surface area contributed by atoms with Crippen molar-refractivity contribution >= 4 is 11.7 Å². The van der Waals surface area contributed by atoms with Crippen LogP contribution in [-0.4, -0.2) is 63.8 Å². The van der Waals surface area contributed by atoms with Crippen molar-refractivity contribution in [3.63, 3.8) is 0 Å². The highest BCUT2D eigenvalue weighted by atomic mass is 16.5. The molecule has 2 fully saturated rings. The molecule has 5 rings (SSSR count). The Morgan fingerprint density at radius 3 is 2.49 bits per heavy atom. The van der Waals surface area contributed by atoms with E-state index >= 15 is 0 Å². The first kappa shape index (κ1) is 24.9. The van der Waals surface area contributed by atoms with Crippen molar-refractivity contribution < 1.29 is 19.0 Å². The fourth-order valence-corrected chi connectivity index (χ4v) is 6.86. The third-order valence-corrected chi connectivity index (χ3v) is 9.05. The van der Waals surface area contributed by atoms with E-state index in [2.05, 4.69) is 18.2 Å². The number of nitrogens with zero attached hydrogens (tertiary/aromatic N) is 2. The average molecular weight is 483 g/mol. The zero-order valence-electron chi connectivity index (χ0n) is 21.8. The molecule has 1 aliphatic heterocycles. The molecule has 0 bridgehead atoms. The van der Waals surface area contributed by atoms with Gasteiger partial charge in [-0.25, -0.2) is 0 Å². The largest absolute Gasteiger partial charge is 0.385 e. The van der Waals surface area contributed by atoms with Gasteiger partial charge in [-0.05, 0) is 74.0 Å². The lowest BCUT2D eigenvalue weighted by atomic mass is 9.61. The van der Waals surface area contributed by atoms with Gasteiger partial charge in [0, 0.05) is 39.8 Å². The van der Waals surface area contributed by atoms with Gasteiger partial charge in [0.25, 0.3) is 5.91 Å². The number of methoxy groups -OCH3 is 3. The van der Waals surface area contributed by atoms with Gasteiger partial charge in [0.1, 0.15) is 5.84 Å². The number of carbonyl (C=O) groups excluding carboxylic acids is 1. The minimum atomic E-state index is -0.813. The molecule has 2 saturated carbocycles. The summed E-state index contributed by atoms with van der Waals surface area (Å²) in [5.74, 6) is 1.97. The highest BCUT2D eigenvalue weighted by molar-refractivity contribution is 6.09. The van der Waals surface area contributed by atoms with Crippen LogP contribution in [0.5, 0.6) is 0 Å². The van der Waals surface area contributed by atoms with Gasteiger partial charge in [-0.1, -0.05) is 31.0 Å². The van der Waals surface area contributed by atoms with Crippen LogP contribution in [0.25, 0.3) is 0 Å². The minimum Gasteiger partial charge on any atom is -0.385 e. The van der Waals surface area contributed by atoms with Crippen molar-refractivity contribution in [1.82, 2.24) is 4.90 Å². The molecule has 6 nitrogen and oxygen atoms in total. The second kappa shape index (κ2) is 10.3. The first-order chi connectivity index (χ1) is 17.1. The van der Waals surface area contributed by atoms with E-state index in [1.165, 1.54) is 36.0 Å². The average Bonchev–Trinajstić information content (AvgIpc) is 3.62. The van der Waals surface area contributed by atoms with Crippen molar-refractivity contribution in [2.75, 3.05) is 41.1 Å². The van der Waals surface area contributed by atoms with E-state index in [0.717, 1.165) is 63.1 Å². The SMILES string of the molecule is COCCCC1=NC2(C(=O)N1CCOC)c1cc(CCC3CC3)ccc1CC21CCC(OC)CC1. The van der Waals surface area contributed by atoms with Gasteiger partial charge >= 0.3 is 0 Å². The Bertz CT molecular complexity index is 948. The molecule has 1 amide bonds. The van der Waals surface area contributed by atoms with E-state index in [1.54, 1.807) is 14.2 Å². The summed E-state index contributed by atoms with van der Waals surface area (Å²) in [5, 5.41) is 0. The number of amidine groups is 1. The zero-order valence-corrected chi connectivity index (χ0v) is 21.8. The van der Waals surface area contributed by atoms with Crippen molar-refractivity contribution in [2.45, 2.75) is 82.3 Å². The zero-order chi connectivity index (χ0) is 24.5. The van der Waals surface area contributed by atoms with Gasteiger partial charge in [-0.15, -0.1) is 0 Å². The maximum absolute atomic E-state index is 14.5. The number of carbonyl (C=O) groups is 1. The molecule has 192 valence electrons. The molecule has 0 N–H and O–H groups in total. The molecule has 0 radical (unpaired) electrons. The van der Waals surface area contributed by atoms with Crippen molar-refractivity contribution in [3.8, 4) is 0 Å². The molecule has 1 aromatic rings. The van der Waals surface area contributed by atoms with Crippen molar-refractivity contribution in [2.24, 2.45) is 16.3 Å². The standard InChI is InChI=1S/C29H42N2O4/c1-33-17-4-5-26-30-29(27(32)31(26)16-18-34-2)25-19-22(9-8-21-6-7-21)10-11-23(25)20-28(29)14-12-24(35-3)13-15-28/h10-11,19,21,24H,4-9,12-18,20H2,1-3H3. The van der Waals surface area contributed by atoms with Crippen LogP contribution in [0.3, 0.4) is 0 Å². The molecule has 1 unspecified atom stereocenters. The van der Waals surface area contributed by atoms with E-state index < -0.39 is 5.54 Å². The first-order valence-electron chi connectivity index (χ1n) is 13.6. The molecule has 1 aromatic carbocycles. The molecule has 35 heavy (non-hydrogen) atoms. The van der Waals surface area contributed by atoms with Gasteiger partial charge in [-0.2, -0.15) is 0 Å². The van der Waals surface area contributed by atoms with Crippen LogP contribution in [0.1, 0.15) is 74.5 Å². The quantitative estimate of drug-likeness (QED) is 0.430. The fourth-order valence-electron chi connectivity index (χ4n) is 6.86. The van der Waals surface area contributed by atoms with Crippen LogP contribution in [0.2, 0.25) is 0 Å². The second-order valence-corrected chi connectivity index (χ2v) is 11.2. The molecule has 1 heterocycles. The number of rotatable bonds is 11. The van der Waals surface area contributed by atoms with Crippen molar-refractivity contribution in [3.05, 3.63) is 34.9 Å². The van der Waals surface area contributed by atoms with Crippen LogP contribution in [0, 0.1) is 11.3 Å². The summed E-state index contributed by atoms with van der Waals surface area (Å²) < 4.78 is 16.5. The fraction of sp³-hybridized carbons (Fsp3) is 0.724. The maximum Gasteiger partial charge on any atom is 0.261 e. The minimum absolute atomic E-state index is 0.163. The molecule has 1 atom stereocenters. The molecule has 0 aromatic heterocycles. The Morgan fingerprint density at radius 1 is 1.03 bits per heavy atom. The third kappa shape index (κ3) is 4.47. The highest BCUT2D eigenvalue weighted by Gasteiger charge is 2.66. The van der Waals surface area contributed by atoms with Crippen LogP contribution < -0.4 is 0 Å². The number of amides is 1. The van der Waals surface area contributed by atoms with Gasteiger partial charge < -0.3 is 14.2 Å². The first-order valence-corrected chi connectivity index (χ1v) is 13.6. The van der Waals surface area contributed by atoms with Gasteiger partial charge in [0.2, 0.25) is 0 Å². The van der Waals surface area contributed by atoms with E-state index in [0.29, 0.717) is 19.8 Å². The topological polar surface area (TPSA) is 60.4 Å². The Balaban J connectivity index is 1.56. The number of aryl methyl sites for hydroxylation is 1. The van der Waals surface area contributed by atoms with Gasteiger partial charge in [0.15, 0.2) is 5.54 Å². The lowest BCUT2D eigenvalue weighted by molar-refractivity contribution is -0.138. The summed E-state index contributed by atoms with van der Waals surface area (Å²) in [6, 6.07) is 6.96. The summed E-state index contributed by atoms with van der Waals surface area (Å²) in [6.07, 6.45) is 11.8. The second-order valence-electron chi connectivity index (χ2n) is 11.2. The number of fused-ring (bicyclic) bond motifs is 3. The summed E-state index contributed by atoms with van der Waals surface area (Å²) in [6.45, 7) is 1.73. The molecule has 2 spiro atoms. The Kier molecular flexibility index (Phi) is 7.34. The Hall–Kier alpha value is -1.76. The predicted octanol–water partition coefficient (Wildman–Crippen LogP) is 4.67. The van der Waals surface area contributed by atoms with Gasteiger partial charge in [-0.3, -0.25) is 14.7 Å². The van der Waals surface area contributed by atoms with Crippen LogP contribution >= 0.6 is 0 Å². The molecule has 6 heteroatoms. The normalized spacial score (nSPS) is 29.9. The van der Waals surface area contributed by atoms with E-state index in [4.69, 9.17) is 19.2 Å². The van der Waals surface area contributed by atoms with Gasteiger partial charge in [0.05, 0.1) is 19.3 Å². The lowest BCUT2D eigenvalue weighted by Gasteiger charge is -2.45. The van der Waals surface area contributed by atoms with E-state index in [-0.39, 0.29) is 17.4 Å². The van der Waals surface area contributed by atoms with Crippen LogP contribution in [0.4, 0.5) is 0 Å². The monoisotopic (exact) mass is 482 g/mol. The van der Waals surface area contributed by atoms with Crippen LogP contribution in [-0.2, 0) is 37.4 Å². The van der Waals surface area contributed by atoms with Crippen molar-refractivity contribution in [1.29, 1.82) is 0 Å². The maximum atomic E-state index is 14.5. The molecule has 0 saturated heterocycles. The number of aliphatic imine (C=N–C) groups is 1. The summed E-state index contributed by atoms with van der Waals surface area (Å²) in [5.41, 5.74) is 2.86. The highest BCUT2D eigenvalue weighted by Crippen LogP contribution is 2.62. The molecule has 3 aliphatic carbocycles. The number of hydrogen-bond acceptors (Lipinski definition) is 5. The predicted molar refractivity (Wildman–Crippen MR) is 137 cm³/mol. The Labute approximate surface area is 210 Å². The number of benzene rings is 1. The van der Waals surface area contributed by atoms with E-state index in [9.17, 15) is 4.79 Å². The molecule has 4 aliphatic rings. The van der Waals surface area contributed by atoms with E-state index in [1.807, 2.05) is 12.0 Å². The summed E-state index contributed by atoms with van der Waals surface area (Å²) in [4.78, 5) is 22.0. The molecular formula is C29H42N2O4. The molecular weight excluding hydrogens is 440 g/mol. The lowest BCUT2D eigenvalue weighted by Crippen LogP contribution is -2.52. The summed E-state index contributed by atoms with van der Waals surface area (Å²) in [7, 11) is 5.24. The summed E-state index contributed by atoms with van der Waals surface area (Å²) >= 11 is 0. The van der Waals surface area contributed by atoms with Crippen LogP contribution in [0.15, 0.2) is 23.2 Å². The smallest absolute Gasteiger partial charge is 0.261 e. The number of ether oxygens (including phenoxy) is 3.